The van der Waals surface area contributed by atoms with E-state index in [0.717, 1.165) is 19.6 Å². The van der Waals surface area contributed by atoms with Gasteiger partial charge in [-0.15, -0.1) is 0 Å². The second kappa shape index (κ2) is 4.49. The van der Waals surface area contributed by atoms with Crippen LogP contribution in [0.15, 0.2) is 18.2 Å². The predicted octanol–water partition coefficient (Wildman–Crippen LogP) is 2.70. The molecule has 0 bridgehead atoms. The van der Waals surface area contributed by atoms with E-state index in [9.17, 15) is 0 Å². The first-order chi connectivity index (χ1) is 6.75. The summed E-state index contributed by atoms with van der Waals surface area (Å²) in [7, 11) is 0. The summed E-state index contributed by atoms with van der Waals surface area (Å²) >= 11 is 11.8. The number of nitrogens with zero attached hydrogens (tertiary/aromatic N) is 1. The Bertz CT molecular complexity index is 322. The standard InChI is InChI=1S/C10H12Cl2N2/c11-9-3-2-8(6-10(9)12)7-14-5-1-4-13-14/h2-3,6,13H,1,4-5,7H2. The third-order valence-electron chi connectivity index (χ3n) is 2.30. The molecule has 2 rings (SSSR count). The Kier molecular flexibility index (Phi) is 3.29. The molecule has 1 N–H and O–H groups in total. The molecule has 1 fully saturated rings. The summed E-state index contributed by atoms with van der Waals surface area (Å²) in [4.78, 5) is 0. The van der Waals surface area contributed by atoms with Crippen LogP contribution in [0.25, 0.3) is 0 Å². The van der Waals surface area contributed by atoms with Gasteiger partial charge < -0.3 is 0 Å². The minimum atomic E-state index is 0.616. The van der Waals surface area contributed by atoms with Crippen LogP contribution in [0.1, 0.15) is 12.0 Å². The van der Waals surface area contributed by atoms with Crippen LogP contribution in [-0.2, 0) is 6.54 Å². The molecule has 0 saturated carbocycles. The highest BCUT2D eigenvalue weighted by Gasteiger charge is 2.11. The zero-order chi connectivity index (χ0) is 9.97. The molecule has 1 aromatic rings. The third kappa shape index (κ3) is 2.39. The highest BCUT2D eigenvalue weighted by atomic mass is 35.5. The highest BCUT2D eigenvalue weighted by Crippen LogP contribution is 2.23. The number of hydrogen-bond donors (Lipinski definition) is 1. The van der Waals surface area contributed by atoms with Crippen LogP contribution in [0.5, 0.6) is 0 Å². The molecule has 0 radical (unpaired) electrons. The average molecular weight is 231 g/mol. The summed E-state index contributed by atoms with van der Waals surface area (Å²) in [6.45, 7) is 3.05. The van der Waals surface area contributed by atoms with Crippen molar-refractivity contribution in [2.24, 2.45) is 0 Å². The Labute approximate surface area is 93.8 Å². The SMILES string of the molecule is Clc1ccc(CN2CCCN2)cc1Cl. The lowest BCUT2D eigenvalue weighted by Crippen LogP contribution is -2.29. The lowest BCUT2D eigenvalue weighted by atomic mass is 10.2. The molecule has 2 nitrogen and oxygen atoms in total. The first-order valence-corrected chi connectivity index (χ1v) is 5.44. The average Bonchev–Trinajstić information content (AvgIpc) is 2.64. The number of halogens is 2. The minimum Gasteiger partial charge on any atom is -0.255 e. The topological polar surface area (TPSA) is 15.3 Å². The van der Waals surface area contributed by atoms with Gasteiger partial charge in [0.05, 0.1) is 10.0 Å². The van der Waals surface area contributed by atoms with Gasteiger partial charge in [0, 0.05) is 19.6 Å². The molecule has 0 aliphatic carbocycles. The molecule has 0 unspecified atom stereocenters. The zero-order valence-electron chi connectivity index (χ0n) is 7.76. The molecular formula is C10H12Cl2N2. The van der Waals surface area contributed by atoms with Crippen molar-refractivity contribution in [2.75, 3.05) is 13.1 Å². The van der Waals surface area contributed by atoms with Crippen molar-refractivity contribution in [2.45, 2.75) is 13.0 Å². The molecular weight excluding hydrogens is 219 g/mol. The van der Waals surface area contributed by atoms with Gasteiger partial charge in [-0.2, -0.15) is 0 Å². The maximum absolute atomic E-state index is 5.93. The Hall–Kier alpha value is -0.280. The van der Waals surface area contributed by atoms with E-state index in [4.69, 9.17) is 23.2 Å². The molecule has 0 aromatic heterocycles. The summed E-state index contributed by atoms with van der Waals surface area (Å²) in [5.41, 5.74) is 4.49. The smallest absolute Gasteiger partial charge is 0.0595 e. The normalized spacial score (nSPS) is 17.6. The summed E-state index contributed by atoms with van der Waals surface area (Å²) in [5, 5.41) is 3.44. The van der Waals surface area contributed by atoms with Crippen molar-refractivity contribution < 1.29 is 0 Å². The first-order valence-electron chi connectivity index (χ1n) is 4.68. The quantitative estimate of drug-likeness (QED) is 0.841. The van der Waals surface area contributed by atoms with Crippen LogP contribution in [0.3, 0.4) is 0 Å². The number of hydrazine groups is 1. The molecule has 0 spiro atoms. The molecule has 1 saturated heterocycles. The molecule has 1 aliphatic heterocycles. The second-order valence-corrected chi connectivity index (χ2v) is 4.25. The van der Waals surface area contributed by atoms with E-state index in [1.807, 2.05) is 18.2 Å². The fraction of sp³-hybridized carbons (Fsp3) is 0.400. The van der Waals surface area contributed by atoms with Gasteiger partial charge in [0.15, 0.2) is 0 Å². The van der Waals surface area contributed by atoms with Crippen LogP contribution < -0.4 is 5.43 Å². The van der Waals surface area contributed by atoms with Crippen LogP contribution in [0.2, 0.25) is 10.0 Å². The van der Waals surface area contributed by atoms with E-state index in [1.54, 1.807) is 0 Å². The number of benzene rings is 1. The zero-order valence-corrected chi connectivity index (χ0v) is 9.28. The van der Waals surface area contributed by atoms with Gasteiger partial charge in [-0.05, 0) is 24.1 Å². The van der Waals surface area contributed by atoms with Gasteiger partial charge in [0.2, 0.25) is 0 Å². The van der Waals surface area contributed by atoms with Crippen molar-refractivity contribution in [3.8, 4) is 0 Å². The van der Waals surface area contributed by atoms with E-state index in [0.29, 0.717) is 10.0 Å². The molecule has 1 heterocycles. The van der Waals surface area contributed by atoms with Crippen molar-refractivity contribution >= 4 is 23.2 Å². The van der Waals surface area contributed by atoms with Gasteiger partial charge >= 0.3 is 0 Å². The maximum Gasteiger partial charge on any atom is 0.0595 e. The molecule has 4 heteroatoms. The largest absolute Gasteiger partial charge is 0.255 e. The number of hydrogen-bond acceptors (Lipinski definition) is 2. The lowest BCUT2D eigenvalue weighted by molar-refractivity contribution is 0.244. The van der Waals surface area contributed by atoms with Crippen molar-refractivity contribution in [1.82, 2.24) is 10.4 Å². The summed E-state index contributed by atoms with van der Waals surface area (Å²) in [6, 6.07) is 5.77. The van der Waals surface area contributed by atoms with Crippen molar-refractivity contribution in [1.29, 1.82) is 0 Å². The Morgan fingerprint density at radius 2 is 2.14 bits per heavy atom. The fourth-order valence-corrected chi connectivity index (χ4v) is 1.90. The molecule has 0 amide bonds. The maximum atomic E-state index is 5.93. The van der Waals surface area contributed by atoms with Gasteiger partial charge in [-0.1, -0.05) is 29.3 Å². The van der Waals surface area contributed by atoms with E-state index < -0.39 is 0 Å². The minimum absolute atomic E-state index is 0.616. The highest BCUT2D eigenvalue weighted by molar-refractivity contribution is 6.42. The number of nitrogens with one attached hydrogen (secondary N) is 1. The van der Waals surface area contributed by atoms with Crippen LogP contribution >= 0.6 is 23.2 Å². The molecule has 76 valence electrons. The van der Waals surface area contributed by atoms with Crippen LogP contribution in [0, 0.1) is 0 Å². The Morgan fingerprint density at radius 3 is 2.79 bits per heavy atom. The van der Waals surface area contributed by atoms with Gasteiger partial charge in [0.1, 0.15) is 0 Å². The van der Waals surface area contributed by atoms with Gasteiger partial charge in [0.25, 0.3) is 0 Å². The van der Waals surface area contributed by atoms with Gasteiger partial charge in [-0.25, -0.2) is 5.01 Å². The lowest BCUT2D eigenvalue weighted by Gasteiger charge is -2.15. The number of rotatable bonds is 2. The Balaban J connectivity index is 2.05. The van der Waals surface area contributed by atoms with Crippen molar-refractivity contribution in [3.05, 3.63) is 33.8 Å². The van der Waals surface area contributed by atoms with Gasteiger partial charge in [-0.3, -0.25) is 5.43 Å². The van der Waals surface area contributed by atoms with Crippen LogP contribution in [0.4, 0.5) is 0 Å². The predicted molar refractivity (Wildman–Crippen MR) is 59.5 cm³/mol. The summed E-state index contributed by atoms with van der Waals surface area (Å²) in [5.74, 6) is 0. The molecule has 1 aromatic carbocycles. The third-order valence-corrected chi connectivity index (χ3v) is 3.04. The molecule has 14 heavy (non-hydrogen) atoms. The second-order valence-electron chi connectivity index (χ2n) is 3.43. The van der Waals surface area contributed by atoms with Crippen molar-refractivity contribution in [3.63, 3.8) is 0 Å². The fourth-order valence-electron chi connectivity index (χ4n) is 1.58. The molecule has 0 atom stereocenters. The summed E-state index contributed by atoms with van der Waals surface area (Å²) in [6.07, 6.45) is 1.21. The van der Waals surface area contributed by atoms with E-state index >= 15 is 0 Å². The monoisotopic (exact) mass is 230 g/mol. The molecule has 1 aliphatic rings. The van der Waals surface area contributed by atoms with E-state index in [2.05, 4.69) is 10.4 Å². The van der Waals surface area contributed by atoms with Crippen LogP contribution in [-0.4, -0.2) is 18.1 Å². The summed E-state index contributed by atoms with van der Waals surface area (Å²) < 4.78 is 0. The van der Waals surface area contributed by atoms with E-state index in [-0.39, 0.29) is 0 Å². The first kappa shape index (κ1) is 10.2. The van der Waals surface area contributed by atoms with E-state index in [1.165, 1.54) is 12.0 Å². The Morgan fingerprint density at radius 1 is 1.29 bits per heavy atom.